The number of carbonyl (C=O) groups is 1. The number of hydrogen-bond acceptors (Lipinski definition) is 4. The summed E-state index contributed by atoms with van der Waals surface area (Å²) in [6.07, 6.45) is 0. The van der Waals surface area contributed by atoms with Crippen molar-refractivity contribution in [3.8, 4) is 0 Å². The third-order valence-electron chi connectivity index (χ3n) is 3.92. The summed E-state index contributed by atoms with van der Waals surface area (Å²) in [7, 11) is 1.75. The third-order valence-corrected chi connectivity index (χ3v) is 4.88. The zero-order valence-corrected chi connectivity index (χ0v) is 18.4. The minimum atomic E-state index is -0.223. The van der Waals surface area contributed by atoms with Gasteiger partial charge in [0.15, 0.2) is 5.96 Å². The van der Waals surface area contributed by atoms with Gasteiger partial charge in [-0.1, -0.05) is 0 Å². The highest BCUT2D eigenvalue weighted by Gasteiger charge is 2.40. The lowest BCUT2D eigenvalue weighted by molar-refractivity contribution is -0.145. The second kappa shape index (κ2) is 8.46. The minimum absolute atomic E-state index is 0. The monoisotopic (exact) mass is 465 g/mol. The molecule has 8 heteroatoms. The molecule has 0 atom stereocenters. The van der Waals surface area contributed by atoms with E-state index in [-0.39, 0.29) is 41.5 Å². The Labute approximate surface area is 165 Å². The summed E-state index contributed by atoms with van der Waals surface area (Å²) in [6, 6.07) is 0.202. The number of aromatic nitrogens is 1. The highest BCUT2D eigenvalue weighted by molar-refractivity contribution is 14.0. The van der Waals surface area contributed by atoms with Crippen molar-refractivity contribution in [3.63, 3.8) is 0 Å². The quantitative estimate of drug-likeness (QED) is 0.424. The van der Waals surface area contributed by atoms with Crippen LogP contribution in [-0.4, -0.2) is 58.4 Å². The second-order valence-electron chi connectivity index (χ2n) is 6.81. The van der Waals surface area contributed by atoms with Gasteiger partial charge in [-0.2, -0.15) is 0 Å². The Kier molecular flexibility index (Phi) is 7.45. The summed E-state index contributed by atoms with van der Waals surface area (Å²) in [5.74, 6) is 0.895. The van der Waals surface area contributed by atoms with Crippen LogP contribution >= 0.6 is 35.3 Å². The molecule has 1 amide bonds. The Morgan fingerprint density at radius 1 is 1.50 bits per heavy atom. The Bertz CT molecular complexity index is 599. The van der Waals surface area contributed by atoms with E-state index in [0.29, 0.717) is 13.1 Å². The van der Waals surface area contributed by atoms with Crippen LogP contribution in [0.1, 0.15) is 38.4 Å². The minimum Gasteiger partial charge on any atom is -0.350 e. The number of rotatable bonds is 3. The van der Waals surface area contributed by atoms with Crippen LogP contribution in [0.15, 0.2) is 10.4 Å². The summed E-state index contributed by atoms with van der Waals surface area (Å²) >= 11 is 1.63. The molecular formula is C16H28IN5OS. The van der Waals surface area contributed by atoms with Crippen molar-refractivity contribution >= 4 is 47.2 Å². The summed E-state index contributed by atoms with van der Waals surface area (Å²) in [5, 5.41) is 6.38. The molecule has 1 aliphatic rings. The van der Waals surface area contributed by atoms with E-state index in [2.05, 4.69) is 43.0 Å². The number of guanidine groups is 1. The first-order valence-electron chi connectivity index (χ1n) is 7.93. The Hall–Kier alpha value is -0.900. The van der Waals surface area contributed by atoms with Gasteiger partial charge in [0.25, 0.3) is 0 Å². The highest BCUT2D eigenvalue weighted by atomic mass is 127. The largest absolute Gasteiger partial charge is 0.350 e. The fourth-order valence-electron chi connectivity index (χ4n) is 3.28. The van der Waals surface area contributed by atoms with Gasteiger partial charge in [-0.25, -0.2) is 4.98 Å². The molecule has 6 nitrogen and oxygen atoms in total. The summed E-state index contributed by atoms with van der Waals surface area (Å²) < 4.78 is 0. The number of aliphatic imine (C=N–C) groups is 1. The number of amides is 1. The smallest absolute Gasteiger partial charge is 0.242 e. The van der Waals surface area contributed by atoms with Crippen LogP contribution in [0.25, 0.3) is 0 Å². The maximum atomic E-state index is 12.6. The van der Waals surface area contributed by atoms with Gasteiger partial charge in [-0.05, 0) is 34.6 Å². The molecule has 0 bridgehead atoms. The molecule has 1 N–H and O–H groups in total. The summed E-state index contributed by atoms with van der Waals surface area (Å²) in [4.78, 5) is 25.3. The number of thiazole rings is 1. The predicted octanol–water partition coefficient (Wildman–Crippen LogP) is 2.48. The lowest BCUT2D eigenvalue weighted by Gasteiger charge is -2.49. The maximum Gasteiger partial charge on any atom is 0.242 e. The van der Waals surface area contributed by atoms with Gasteiger partial charge in [0.05, 0.1) is 18.6 Å². The molecule has 2 heterocycles. The summed E-state index contributed by atoms with van der Waals surface area (Å²) in [5.41, 5.74) is 0.808. The zero-order chi connectivity index (χ0) is 17.2. The van der Waals surface area contributed by atoms with Crippen molar-refractivity contribution in [2.75, 3.05) is 20.1 Å². The Balaban J connectivity index is 0.00000288. The van der Waals surface area contributed by atoms with Crippen LogP contribution < -0.4 is 5.32 Å². The molecule has 0 unspecified atom stereocenters. The van der Waals surface area contributed by atoms with E-state index in [1.165, 1.54) is 0 Å². The van der Waals surface area contributed by atoms with Gasteiger partial charge < -0.3 is 15.1 Å². The first-order valence-corrected chi connectivity index (χ1v) is 8.81. The van der Waals surface area contributed by atoms with E-state index in [1.54, 1.807) is 18.4 Å². The molecule has 1 aromatic heterocycles. The van der Waals surface area contributed by atoms with E-state index in [9.17, 15) is 4.79 Å². The summed E-state index contributed by atoms with van der Waals surface area (Å²) in [6.45, 7) is 12.1. The van der Waals surface area contributed by atoms with Crippen LogP contribution in [0, 0.1) is 6.92 Å². The lowest BCUT2D eigenvalue weighted by atomic mass is 9.96. The molecule has 0 aromatic carbocycles. The molecule has 1 aromatic rings. The predicted molar refractivity (Wildman–Crippen MR) is 110 cm³/mol. The van der Waals surface area contributed by atoms with Gasteiger partial charge in [-0.3, -0.25) is 9.79 Å². The fraction of sp³-hybridized carbons (Fsp3) is 0.688. The second-order valence-corrected chi connectivity index (χ2v) is 7.75. The van der Waals surface area contributed by atoms with Gasteiger partial charge in [0.2, 0.25) is 5.91 Å². The highest BCUT2D eigenvalue weighted by Crippen LogP contribution is 2.24. The molecule has 1 aliphatic heterocycles. The van der Waals surface area contributed by atoms with Crippen LogP contribution in [0.2, 0.25) is 0 Å². The standard InChI is InChI=1S/C16H27N5OS.HI/c1-11(2)21-14(22)8-20(10-16(21,4)5)15(17-6)18-7-13-19-12(3)9-23-13;/h9,11H,7-8,10H2,1-6H3,(H,17,18);1H. The van der Waals surface area contributed by atoms with Gasteiger partial charge in [0.1, 0.15) is 5.01 Å². The normalized spacial score (nSPS) is 18.0. The van der Waals surface area contributed by atoms with Crippen LogP contribution in [0.3, 0.4) is 0 Å². The topological polar surface area (TPSA) is 60.8 Å². The molecule has 0 radical (unpaired) electrons. The third kappa shape index (κ3) is 4.81. The number of nitrogens with zero attached hydrogens (tertiary/aromatic N) is 4. The van der Waals surface area contributed by atoms with E-state index < -0.39 is 0 Å². The Morgan fingerprint density at radius 3 is 2.62 bits per heavy atom. The van der Waals surface area contributed by atoms with Gasteiger partial charge in [0, 0.05) is 30.7 Å². The van der Waals surface area contributed by atoms with Crippen molar-refractivity contribution < 1.29 is 4.79 Å². The number of piperazine rings is 1. The molecule has 0 aliphatic carbocycles. The molecule has 2 rings (SSSR count). The number of halogens is 1. The average Bonchev–Trinajstić information content (AvgIpc) is 2.82. The van der Waals surface area contributed by atoms with Gasteiger partial charge in [-0.15, -0.1) is 35.3 Å². The molecule has 136 valence electrons. The average molecular weight is 465 g/mol. The molecule has 0 saturated carbocycles. The number of nitrogens with one attached hydrogen (secondary N) is 1. The maximum absolute atomic E-state index is 12.6. The van der Waals surface area contributed by atoms with Crippen LogP contribution in [0.5, 0.6) is 0 Å². The first kappa shape index (κ1) is 21.1. The fourth-order valence-corrected chi connectivity index (χ4v) is 4.00. The van der Waals surface area contributed by atoms with Crippen LogP contribution in [0.4, 0.5) is 0 Å². The van der Waals surface area contributed by atoms with E-state index in [0.717, 1.165) is 23.2 Å². The van der Waals surface area contributed by atoms with E-state index in [4.69, 9.17) is 0 Å². The lowest BCUT2D eigenvalue weighted by Crippen LogP contribution is -2.66. The van der Waals surface area contributed by atoms with Crippen LogP contribution in [-0.2, 0) is 11.3 Å². The van der Waals surface area contributed by atoms with Gasteiger partial charge >= 0.3 is 0 Å². The molecule has 24 heavy (non-hydrogen) atoms. The molecule has 0 spiro atoms. The van der Waals surface area contributed by atoms with Crippen molar-refractivity contribution in [3.05, 3.63) is 16.1 Å². The Morgan fingerprint density at radius 2 is 2.17 bits per heavy atom. The van der Waals surface area contributed by atoms with Crippen molar-refractivity contribution in [1.29, 1.82) is 0 Å². The zero-order valence-electron chi connectivity index (χ0n) is 15.3. The first-order chi connectivity index (χ1) is 10.7. The number of hydrogen-bond donors (Lipinski definition) is 1. The van der Waals surface area contributed by atoms with E-state index in [1.807, 2.05) is 22.1 Å². The molecule has 1 saturated heterocycles. The van der Waals surface area contributed by atoms with Crippen molar-refractivity contribution in [2.24, 2.45) is 4.99 Å². The molecular weight excluding hydrogens is 437 g/mol. The SMILES string of the molecule is CN=C(NCc1nc(C)cs1)N1CC(=O)N(C(C)C)C(C)(C)C1.I. The number of carbonyl (C=O) groups excluding carboxylic acids is 1. The van der Waals surface area contributed by atoms with E-state index >= 15 is 0 Å². The van der Waals surface area contributed by atoms with Crippen molar-refractivity contribution in [1.82, 2.24) is 20.1 Å². The van der Waals surface area contributed by atoms with Crippen molar-refractivity contribution in [2.45, 2.75) is 52.7 Å². The molecule has 1 fully saturated rings. The number of aryl methyl sites for hydroxylation is 1.